The zero-order valence-electron chi connectivity index (χ0n) is 18.3. The van der Waals surface area contributed by atoms with Gasteiger partial charge in [0.1, 0.15) is 17.0 Å². The lowest BCUT2D eigenvalue weighted by Gasteiger charge is -2.32. The standard InChI is InChI=1S/C26H23N3O4S/c30-25(32-19-8-3-1-4-9-19)24-27-23-21(12-7-13-22(23)34)29(24)18-14-16-28(17-15-18)26(31)33-20-10-5-2-6-11-20/h1-13,18,34H,14-17H2. The second kappa shape index (κ2) is 9.61. The topological polar surface area (TPSA) is 73.7 Å². The first-order valence-corrected chi connectivity index (χ1v) is 11.5. The Morgan fingerprint density at radius 2 is 1.44 bits per heavy atom. The molecule has 0 atom stereocenters. The summed E-state index contributed by atoms with van der Waals surface area (Å²) >= 11 is 4.53. The van der Waals surface area contributed by atoms with Gasteiger partial charge in [-0.25, -0.2) is 14.6 Å². The van der Waals surface area contributed by atoms with Crippen molar-refractivity contribution in [3.63, 3.8) is 0 Å². The number of piperidine rings is 1. The molecule has 4 aromatic rings. The van der Waals surface area contributed by atoms with Gasteiger partial charge >= 0.3 is 12.1 Å². The lowest BCUT2D eigenvalue weighted by molar-refractivity contribution is 0.0709. The number of hydrogen-bond donors (Lipinski definition) is 1. The van der Waals surface area contributed by atoms with E-state index < -0.39 is 5.97 Å². The van der Waals surface area contributed by atoms with Crippen molar-refractivity contribution in [2.24, 2.45) is 0 Å². The van der Waals surface area contributed by atoms with Gasteiger partial charge in [0.05, 0.1) is 5.52 Å². The van der Waals surface area contributed by atoms with E-state index in [1.165, 1.54) is 0 Å². The average Bonchev–Trinajstić information content (AvgIpc) is 3.27. The normalized spacial score (nSPS) is 14.2. The molecule has 1 fully saturated rings. The third-order valence-corrected chi connectivity index (χ3v) is 6.23. The maximum Gasteiger partial charge on any atom is 0.415 e. The molecule has 0 radical (unpaired) electrons. The molecule has 5 rings (SSSR count). The molecular weight excluding hydrogens is 450 g/mol. The molecule has 1 saturated heterocycles. The van der Waals surface area contributed by atoms with Crippen molar-refractivity contribution in [1.82, 2.24) is 14.5 Å². The predicted octanol–water partition coefficient (Wildman–Crippen LogP) is 5.38. The molecule has 1 amide bonds. The number of nitrogens with zero attached hydrogens (tertiary/aromatic N) is 3. The number of rotatable bonds is 4. The zero-order valence-corrected chi connectivity index (χ0v) is 19.2. The number of ether oxygens (including phenoxy) is 2. The second-order valence-corrected chi connectivity index (χ2v) is 8.53. The highest BCUT2D eigenvalue weighted by Crippen LogP contribution is 2.32. The van der Waals surface area contributed by atoms with Crippen LogP contribution in [0.3, 0.4) is 0 Å². The van der Waals surface area contributed by atoms with Crippen LogP contribution in [0.2, 0.25) is 0 Å². The molecule has 0 saturated carbocycles. The number of carbonyl (C=O) groups is 2. The summed E-state index contributed by atoms with van der Waals surface area (Å²) in [5.74, 6) is 0.671. The fourth-order valence-corrected chi connectivity index (χ4v) is 4.47. The molecule has 8 heteroatoms. The maximum absolute atomic E-state index is 13.1. The van der Waals surface area contributed by atoms with Crippen molar-refractivity contribution >= 4 is 35.7 Å². The largest absolute Gasteiger partial charge is 0.421 e. The van der Waals surface area contributed by atoms with E-state index in [4.69, 9.17) is 9.47 Å². The fraction of sp³-hybridized carbons (Fsp3) is 0.192. The molecule has 3 aromatic carbocycles. The Bertz CT molecular complexity index is 1320. The highest BCUT2D eigenvalue weighted by molar-refractivity contribution is 7.80. The van der Waals surface area contributed by atoms with Gasteiger partial charge in [0, 0.05) is 24.0 Å². The van der Waals surface area contributed by atoms with E-state index in [0.717, 1.165) is 5.52 Å². The van der Waals surface area contributed by atoms with Gasteiger partial charge < -0.3 is 18.9 Å². The first kappa shape index (κ1) is 22.0. The summed E-state index contributed by atoms with van der Waals surface area (Å²) in [6, 6.07) is 23.6. The average molecular weight is 474 g/mol. The Kier molecular flexibility index (Phi) is 6.22. The number of amides is 1. The Morgan fingerprint density at radius 1 is 0.824 bits per heavy atom. The Balaban J connectivity index is 1.38. The lowest BCUT2D eigenvalue weighted by atomic mass is 10.0. The SMILES string of the molecule is O=C(Oc1ccccc1)c1nc2c(S)cccc2n1C1CCN(C(=O)Oc2ccccc2)CC1. The monoisotopic (exact) mass is 473 g/mol. The van der Waals surface area contributed by atoms with E-state index in [1.807, 2.05) is 59.2 Å². The van der Waals surface area contributed by atoms with Crippen LogP contribution >= 0.6 is 12.6 Å². The third kappa shape index (κ3) is 4.49. The molecule has 172 valence electrons. The summed E-state index contributed by atoms with van der Waals surface area (Å²) in [5.41, 5.74) is 1.47. The van der Waals surface area contributed by atoms with Crippen molar-refractivity contribution in [2.75, 3.05) is 13.1 Å². The summed E-state index contributed by atoms with van der Waals surface area (Å²) < 4.78 is 13.0. The molecule has 34 heavy (non-hydrogen) atoms. The van der Waals surface area contributed by atoms with Crippen molar-refractivity contribution in [3.05, 3.63) is 84.7 Å². The molecule has 0 spiro atoms. The molecule has 1 aliphatic rings. The molecule has 1 aromatic heterocycles. The maximum atomic E-state index is 13.1. The van der Waals surface area contributed by atoms with E-state index in [1.54, 1.807) is 29.2 Å². The minimum atomic E-state index is -0.527. The summed E-state index contributed by atoms with van der Waals surface area (Å²) in [5, 5.41) is 0. The van der Waals surface area contributed by atoms with Crippen molar-refractivity contribution in [2.45, 2.75) is 23.8 Å². The number of likely N-dealkylation sites (tertiary alicyclic amines) is 1. The minimum Gasteiger partial charge on any atom is -0.421 e. The van der Waals surface area contributed by atoms with Crippen molar-refractivity contribution in [1.29, 1.82) is 0 Å². The van der Waals surface area contributed by atoms with Gasteiger partial charge in [-0.1, -0.05) is 42.5 Å². The zero-order chi connectivity index (χ0) is 23.5. The van der Waals surface area contributed by atoms with Gasteiger partial charge in [0.2, 0.25) is 5.82 Å². The molecule has 1 aliphatic heterocycles. The quantitative estimate of drug-likeness (QED) is 0.245. The van der Waals surface area contributed by atoms with Gasteiger partial charge in [0.25, 0.3) is 0 Å². The molecule has 0 bridgehead atoms. The van der Waals surface area contributed by atoms with E-state index in [-0.39, 0.29) is 18.0 Å². The number of esters is 1. The van der Waals surface area contributed by atoms with Gasteiger partial charge in [-0.05, 0) is 49.2 Å². The second-order valence-electron chi connectivity index (χ2n) is 8.05. The number of fused-ring (bicyclic) bond motifs is 1. The highest BCUT2D eigenvalue weighted by Gasteiger charge is 2.30. The third-order valence-electron chi connectivity index (χ3n) is 5.87. The number of aromatic nitrogens is 2. The van der Waals surface area contributed by atoms with Crippen LogP contribution in [0.1, 0.15) is 29.5 Å². The molecule has 2 heterocycles. The number of hydrogen-bond acceptors (Lipinski definition) is 6. The first-order chi connectivity index (χ1) is 16.6. The summed E-state index contributed by atoms with van der Waals surface area (Å²) in [4.78, 5) is 32.7. The fourth-order valence-electron chi connectivity index (χ4n) is 4.22. The number of para-hydroxylation sites is 3. The van der Waals surface area contributed by atoms with Crippen LogP contribution in [-0.2, 0) is 0 Å². The van der Waals surface area contributed by atoms with Crippen LogP contribution in [0, 0.1) is 0 Å². The van der Waals surface area contributed by atoms with Gasteiger partial charge in [-0.15, -0.1) is 12.6 Å². The van der Waals surface area contributed by atoms with Crippen molar-refractivity contribution in [3.8, 4) is 11.5 Å². The van der Waals surface area contributed by atoms with Crippen LogP contribution in [0.4, 0.5) is 4.79 Å². The van der Waals surface area contributed by atoms with Crippen LogP contribution < -0.4 is 9.47 Å². The van der Waals surface area contributed by atoms with E-state index in [0.29, 0.717) is 47.8 Å². The summed E-state index contributed by atoms with van der Waals surface area (Å²) in [6.45, 7) is 1.01. The van der Waals surface area contributed by atoms with E-state index in [2.05, 4.69) is 17.6 Å². The van der Waals surface area contributed by atoms with Gasteiger partial charge in [0.15, 0.2) is 0 Å². The molecular formula is C26H23N3O4S. The number of imidazole rings is 1. The van der Waals surface area contributed by atoms with Gasteiger partial charge in [-0.2, -0.15) is 0 Å². The minimum absolute atomic E-state index is 0.0285. The lowest BCUT2D eigenvalue weighted by Crippen LogP contribution is -2.41. The van der Waals surface area contributed by atoms with Crippen molar-refractivity contribution < 1.29 is 19.1 Å². The summed E-state index contributed by atoms with van der Waals surface area (Å²) in [7, 11) is 0. The highest BCUT2D eigenvalue weighted by atomic mass is 32.1. The van der Waals surface area contributed by atoms with E-state index in [9.17, 15) is 9.59 Å². The van der Waals surface area contributed by atoms with Gasteiger partial charge in [-0.3, -0.25) is 0 Å². The summed E-state index contributed by atoms with van der Waals surface area (Å²) in [6.07, 6.45) is 0.928. The molecule has 7 nitrogen and oxygen atoms in total. The molecule has 0 unspecified atom stereocenters. The Hall–Kier alpha value is -3.78. The first-order valence-electron chi connectivity index (χ1n) is 11.1. The number of thiol groups is 1. The number of benzene rings is 3. The van der Waals surface area contributed by atoms with E-state index >= 15 is 0 Å². The molecule has 0 N–H and O–H groups in total. The Morgan fingerprint density at radius 3 is 2.09 bits per heavy atom. The smallest absolute Gasteiger partial charge is 0.415 e. The van der Waals surface area contributed by atoms with Crippen LogP contribution in [-0.4, -0.2) is 39.6 Å². The predicted molar refractivity (Wildman–Crippen MR) is 131 cm³/mol. The van der Waals surface area contributed by atoms with Crippen LogP contribution in [0.15, 0.2) is 83.8 Å². The van der Waals surface area contributed by atoms with Crippen LogP contribution in [0.5, 0.6) is 11.5 Å². The Labute approximate surface area is 202 Å². The van der Waals surface area contributed by atoms with Crippen LogP contribution in [0.25, 0.3) is 11.0 Å². The number of carbonyl (C=O) groups excluding carboxylic acids is 2. The molecule has 0 aliphatic carbocycles.